The Bertz CT molecular complexity index is 569. The van der Waals surface area contributed by atoms with Crippen molar-refractivity contribution in [2.45, 2.75) is 26.4 Å². The fraction of sp³-hybridized carbons (Fsp3) is 0.438. The standard InChI is InChI=1S/C16H22N2O4/c1-16(2,3)22-15(20)17-13(14(19)21-6)11-7-9-12(10-8-11)18(4)5/h7-10H,1-6H3/b17-13-. The van der Waals surface area contributed by atoms with Gasteiger partial charge in [0.15, 0.2) is 5.71 Å². The molecule has 0 bridgehead atoms. The molecule has 0 fully saturated rings. The van der Waals surface area contributed by atoms with Gasteiger partial charge < -0.3 is 14.4 Å². The lowest BCUT2D eigenvalue weighted by molar-refractivity contribution is -0.132. The van der Waals surface area contributed by atoms with E-state index in [-0.39, 0.29) is 5.71 Å². The number of carbonyl (C=O) groups excluding carboxylic acids is 2. The van der Waals surface area contributed by atoms with E-state index >= 15 is 0 Å². The molecule has 0 aliphatic carbocycles. The summed E-state index contributed by atoms with van der Waals surface area (Å²) in [6.45, 7) is 5.18. The molecule has 22 heavy (non-hydrogen) atoms. The predicted octanol–water partition coefficient (Wildman–Crippen LogP) is 2.65. The number of anilines is 1. The molecule has 1 aromatic rings. The second-order valence-electron chi connectivity index (χ2n) is 5.87. The smallest absolute Gasteiger partial charge is 0.434 e. The Balaban J connectivity index is 3.13. The molecule has 6 heteroatoms. The van der Waals surface area contributed by atoms with Crippen LogP contribution in [0.15, 0.2) is 29.3 Å². The van der Waals surface area contributed by atoms with E-state index < -0.39 is 17.7 Å². The maximum absolute atomic E-state index is 11.9. The number of aliphatic imine (C=N–C) groups is 1. The summed E-state index contributed by atoms with van der Waals surface area (Å²) >= 11 is 0. The number of amides is 1. The highest BCUT2D eigenvalue weighted by Crippen LogP contribution is 2.15. The summed E-state index contributed by atoms with van der Waals surface area (Å²) in [4.78, 5) is 29.3. The van der Waals surface area contributed by atoms with E-state index in [0.29, 0.717) is 5.56 Å². The number of hydrogen-bond donors (Lipinski definition) is 0. The van der Waals surface area contributed by atoms with Crippen molar-refractivity contribution in [2.75, 3.05) is 26.1 Å². The number of carbonyl (C=O) groups is 2. The topological polar surface area (TPSA) is 68.2 Å². The van der Waals surface area contributed by atoms with Gasteiger partial charge in [-0.1, -0.05) is 12.1 Å². The summed E-state index contributed by atoms with van der Waals surface area (Å²) in [7, 11) is 5.05. The molecule has 0 radical (unpaired) electrons. The van der Waals surface area contributed by atoms with Crippen LogP contribution in [0.25, 0.3) is 0 Å². The quantitative estimate of drug-likeness (QED) is 0.634. The van der Waals surface area contributed by atoms with Gasteiger partial charge in [-0.2, -0.15) is 4.99 Å². The molecular formula is C16H22N2O4. The Kier molecular flexibility index (Phi) is 5.68. The molecule has 1 amide bonds. The first-order chi connectivity index (χ1) is 10.1. The molecule has 1 rings (SSSR count). The molecule has 0 N–H and O–H groups in total. The zero-order valence-corrected chi connectivity index (χ0v) is 13.8. The van der Waals surface area contributed by atoms with Crippen LogP contribution < -0.4 is 4.90 Å². The van der Waals surface area contributed by atoms with Gasteiger partial charge in [0.25, 0.3) is 0 Å². The van der Waals surface area contributed by atoms with Gasteiger partial charge in [-0.15, -0.1) is 0 Å². The number of hydrogen-bond acceptors (Lipinski definition) is 5. The van der Waals surface area contributed by atoms with Gasteiger partial charge in [-0.3, -0.25) is 0 Å². The molecule has 120 valence electrons. The Morgan fingerprint density at radius 2 is 1.64 bits per heavy atom. The first kappa shape index (κ1) is 17.7. The molecule has 0 saturated carbocycles. The average molecular weight is 306 g/mol. The summed E-state index contributed by atoms with van der Waals surface area (Å²) in [5.41, 5.74) is 0.687. The van der Waals surface area contributed by atoms with Crippen molar-refractivity contribution < 1.29 is 19.1 Å². The lowest BCUT2D eigenvalue weighted by Crippen LogP contribution is -2.25. The number of rotatable bonds is 3. The van der Waals surface area contributed by atoms with Crippen molar-refractivity contribution in [3.63, 3.8) is 0 Å². The number of nitrogens with zero attached hydrogens (tertiary/aromatic N) is 2. The fourth-order valence-electron chi connectivity index (χ4n) is 1.62. The van der Waals surface area contributed by atoms with E-state index in [0.717, 1.165) is 5.69 Å². The summed E-state index contributed by atoms with van der Waals surface area (Å²) in [5, 5.41) is 0. The maximum atomic E-state index is 11.9. The minimum atomic E-state index is -0.829. The summed E-state index contributed by atoms with van der Waals surface area (Å²) < 4.78 is 9.79. The van der Waals surface area contributed by atoms with Crippen LogP contribution >= 0.6 is 0 Å². The SMILES string of the molecule is COC(=O)/C(=N\C(=O)OC(C)(C)C)c1ccc(N(C)C)cc1. The van der Waals surface area contributed by atoms with Gasteiger partial charge in [-0.05, 0) is 32.9 Å². The number of ether oxygens (including phenoxy) is 2. The third-order valence-electron chi connectivity index (χ3n) is 2.63. The van der Waals surface area contributed by atoms with E-state index in [1.165, 1.54) is 7.11 Å². The van der Waals surface area contributed by atoms with Crippen LogP contribution in [0.2, 0.25) is 0 Å². The molecule has 0 aliphatic rings. The van der Waals surface area contributed by atoms with Crippen molar-refractivity contribution in [2.24, 2.45) is 4.99 Å². The van der Waals surface area contributed by atoms with Crippen molar-refractivity contribution in [3.8, 4) is 0 Å². The van der Waals surface area contributed by atoms with E-state index in [2.05, 4.69) is 9.73 Å². The van der Waals surface area contributed by atoms with Gasteiger partial charge in [0, 0.05) is 25.3 Å². The number of methoxy groups -OCH3 is 1. The predicted molar refractivity (Wildman–Crippen MR) is 85.6 cm³/mol. The molecule has 0 unspecified atom stereocenters. The Labute approximate surface area is 130 Å². The lowest BCUT2D eigenvalue weighted by atomic mass is 10.1. The van der Waals surface area contributed by atoms with Crippen LogP contribution in [-0.4, -0.2) is 44.6 Å². The van der Waals surface area contributed by atoms with Crippen molar-refractivity contribution in [3.05, 3.63) is 29.8 Å². The molecule has 1 aromatic carbocycles. The van der Waals surface area contributed by atoms with Crippen LogP contribution in [0.3, 0.4) is 0 Å². The second kappa shape index (κ2) is 7.06. The van der Waals surface area contributed by atoms with Crippen LogP contribution in [0.5, 0.6) is 0 Å². The van der Waals surface area contributed by atoms with Gasteiger partial charge in [-0.25, -0.2) is 9.59 Å². The second-order valence-corrected chi connectivity index (χ2v) is 5.87. The lowest BCUT2D eigenvalue weighted by Gasteiger charge is -2.17. The van der Waals surface area contributed by atoms with Crippen molar-refractivity contribution in [1.82, 2.24) is 0 Å². The van der Waals surface area contributed by atoms with Gasteiger partial charge in [0.05, 0.1) is 7.11 Å². The monoisotopic (exact) mass is 306 g/mol. The van der Waals surface area contributed by atoms with Crippen LogP contribution in [0, 0.1) is 0 Å². The minimum Gasteiger partial charge on any atom is -0.464 e. The average Bonchev–Trinajstić information content (AvgIpc) is 2.42. The molecule has 0 atom stereocenters. The summed E-state index contributed by atoms with van der Waals surface area (Å²) in [6, 6.07) is 7.05. The molecular weight excluding hydrogens is 284 g/mol. The Morgan fingerprint density at radius 1 is 1.09 bits per heavy atom. The molecule has 0 heterocycles. The third kappa shape index (κ3) is 5.20. The molecule has 0 aromatic heterocycles. The largest absolute Gasteiger partial charge is 0.464 e. The highest BCUT2D eigenvalue weighted by molar-refractivity contribution is 6.44. The number of benzene rings is 1. The van der Waals surface area contributed by atoms with Gasteiger partial charge in [0.1, 0.15) is 5.60 Å². The van der Waals surface area contributed by atoms with E-state index in [4.69, 9.17) is 4.74 Å². The fourth-order valence-corrected chi connectivity index (χ4v) is 1.62. The molecule has 0 saturated heterocycles. The minimum absolute atomic E-state index is 0.0814. The zero-order chi connectivity index (χ0) is 16.9. The van der Waals surface area contributed by atoms with E-state index in [1.807, 2.05) is 31.1 Å². The van der Waals surface area contributed by atoms with Crippen LogP contribution in [-0.2, 0) is 14.3 Å². The molecule has 0 aliphatic heterocycles. The molecule has 6 nitrogen and oxygen atoms in total. The van der Waals surface area contributed by atoms with Crippen LogP contribution in [0.1, 0.15) is 26.3 Å². The van der Waals surface area contributed by atoms with Crippen molar-refractivity contribution >= 4 is 23.5 Å². The normalized spacial score (nSPS) is 11.8. The third-order valence-corrected chi connectivity index (χ3v) is 2.63. The van der Waals surface area contributed by atoms with Gasteiger partial charge >= 0.3 is 12.1 Å². The van der Waals surface area contributed by atoms with E-state index in [9.17, 15) is 9.59 Å². The first-order valence-corrected chi connectivity index (χ1v) is 6.82. The zero-order valence-electron chi connectivity index (χ0n) is 13.8. The maximum Gasteiger partial charge on any atom is 0.434 e. The number of esters is 1. The molecule has 0 spiro atoms. The summed E-state index contributed by atoms with van der Waals surface area (Å²) in [6.07, 6.45) is -0.829. The van der Waals surface area contributed by atoms with Crippen molar-refractivity contribution in [1.29, 1.82) is 0 Å². The van der Waals surface area contributed by atoms with E-state index in [1.54, 1.807) is 32.9 Å². The Hall–Kier alpha value is -2.37. The summed E-state index contributed by atoms with van der Waals surface area (Å²) in [5.74, 6) is -0.691. The Morgan fingerprint density at radius 3 is 2.05 bits per heavy atom. The highest BCUT2D eigenvalue weighted by atomic mass is 16.6. The first-order valence-electron chi connectivity index (χ1n) is 6.82. The highest BCUT2D eigenvalue weighted by Gasteiger charge is 2.20. The van der Waals surface area contributed by atoms with Crippen LogP contribution in [0.4, 0.5) is 10.5 Å². The van der Waals surface area contributed by atoms with Gasteiger partial charge in [0.2, 0.25) is 0 Å².